The summed E-state index contributed by atoms with van der Waals surface area (Å²) in [6, 6.07) is 0. The number of hydrogen-bond acceptors (Lipinski definition) is 6. The maximum absolute atomic E-state index is 5.25. The zero-order valence-electron chi connectivity index (χ0n) is 5.50. The predicted molar refractivity (Wildman–Crippen MR) is 38.2 cm³/mol. The maximum Gasteiger partial charge on any atom is 0.229 e. The molecule has 10 heavy (non-hydrogen) atoms. The van der Waals surface area contributed by atoms with Gasteiger partial charge in [0.25, 0.3) is 0 Å². The number of anilines is 3. The maximum atomic E-state index is 5.25. The van der Waals surface area contributed by atoms with Gasteiger partial charge < -0.3 is 16.8 Å². The molecule has 0 aromatic carbocycles. The minimum Gasteiger partial charge on any atom is -0.368 e. The van der Waals surface area contributed by atoms with Crippen LogP contribution in [-0.4, -0.2) is 22.0 Å². The Morgan fingerprint density at radius 1 is 1.10 bits per heavy atom. The first kappa shape index (κ1) is 6.53. The third-order valence-corrected chi connectivity index (χ3v) is 0.894. The van der Waals surface area contributed by atoms with Crippen LogP contribution in [0.4, 0.5) is 17.8 Å². The number of nitrogen functional groups attached to an aromatic ring is 2. The fraction of sp³-hybridized carbons (Fsp3) is 0.250. The number of aromatic nitrogens is 3. The van der Waals surface area contributed by atoms with Gasteiger partial charge in [0.2, 0.25) is 17.8 Å². The van der Waals surface area contributed by atoms with E-state index < -0.39 is 0 Å². The second-order valence-electron chi connectivity index (χ2n) is 1.63. The standard InChI is InChI=1S/C4H8N6/c1-7-4-9-2(5)8-3(6)10-4/h1H3,(H5,5,6,7,8,9,10). The number of nitrogens with zero attached hydrogens (tertiary/aromatic N) is 3. The van der Waals surface area contributed by atoms with Gasteiger partial charge in [-0.2, -0.15) is 15.0 Å². The Kier molecular flexibility index (Phi) is 1.53. The molecule has 1 rings (SSSR count). The van der Waals surface area contributed by atoms with Gasteiger partial charge in [0.1, 0.15) is 0 Å². The molecule has 1 aromatic rings. The van der Waals surface area contributed by atoms with Gasteiger partial charge in [0.15, 0.2) is 0 Å². The summed E-state index contributed by atoms with van der Waals surface area (Å²) in [5.41, 5.74) is 10.5. The van der Waals surface area contributed by atoms with Crippen LogP contribution in [-0.2, 0) is 0 Å². The summed E-state index contributed by atoms with van der Waals surface area (Å²) in [4.78, 5) is 11.0. The lowest BCUT2D eigenvalue weighted by Crippen LogP contribution is -2.06. The molecule has 0 unspecified atom stereocenters. The second kappa shape index (κ2) is 2.34. The number of rotatable bonds is 1. The largest absolute Gasteiger partial charge is 0.368 e. The average Bonchev–Trinajstić information content (AvgIpc) is 1.85. The van der Waals surface area contributed by atoms with Crippen molar-refractivity contribution in [1.29, 1.82) is 0 Å². The van der Waals surface area contributed by atoms with Gasteiger partial charge in [-0.15, -0.1) is 0 Å². The van der Waals surface area contributed by atoms with E-state index in [1.165, 1.54) is 0 Å². The van der Waals surface area contributed by atoms with E-state index in [9.17, 15) is 0 Å². The molecule has 0 saturated carbocycles. The van der Waals surface area contributed by atoms with Crippen molar-refractivity contribution in [2.75, 3.05) is 23.8 Å². The van der Waals surface area contributed by atoms with Gasteiger partial charge in [-0.3, -0.25) is 0 Å². The number of nitrogens with two attached hydrogens (primary N) is 2. The Labute approximate surface area is 57.7 Å². The quantitative estimate of drug-likeness (QED) is 0.466. The van der Waals surface area contributed by atoms with E-state index in [1.54, 1.807) is 7.05 Å². The Bertz CT molecular complexity index is 213. The first-order valence-corrected chi connectivity index (χ1v) is 2.67. The SMILES string of the molecule is CNc1nc(N)nc(N)n1. The Morgan fingerprint density at radius 2 is 1.60 bits per heavy atom. The molecule has 5 N–H and O–H groups in total. The van der Waals surface area contributed by atoms with Gasteiger partial charge >= 0.3 is 0 Å². The summed E-state index contributed by atoms with van der Waals surface area (Å²) in [5.74, 6) is 0.624. The lowest BCUT2D eigenvalue weighted by Gasteiger charge is -1.98. The van der Waals surface area contributed by atoms with E-state index >= 15 is 0 Å². The molecule has 0 aliphatic rings. The highest BCUT2D eigenvalue weighted by Gasteiger charge is 1.96. The molecule has 0 bridgehead atoms. The van der Waals surface area contributed by atoms with Gasteiger partial charge in [-0.05, 0) is 0 Å². The van der Waals surface area contributed by atoms with Crippen LogP contribution in [0.5, 0.6) is 0 Å². The lowest BCUT2D eigenvalue weighted by molar-refractivity contribution is 1.07. The molecule has 0 saturated heterocycles. The zero-order chi connectivity index (χ0) is 7.56. The molecule has 0 spiro atoms. The van der Waals surface area contributed by atoms with Gasteiger partial charge in [-0.25, -0.2) is 0 Å². The minimum atomic E-state index is 0.122. The zero-order valence-corrected chi connectivity index (χ0v) is 5.50. The Balaban J connectivity index is 3.06. The fourth-order valence-corrected chi connectivity index (χ4v) is 0.521. The second-order valence-corrected chi connectivity index (χ2v) is 1.63. The van der Waals surface area contributed by atoms with Crippen LogP contribution in [0.25, 0.3) is 0 Å². The summed E-state index contributed by atoms with van der Waals surface area (Å²) < 4.78 is 0. The molecule has 0 aliphatic carbocycles. The Hall–Kier alpha value is -1.59. The molecule has 0 fully saturated rings. The summed E-state index contributed by atoms with van der Waals surface area (Å²) in [6.45, 7) is 0. The van der Waals surface area contributed by atoms with E-state index in [-0.39, 0.29) is 11.9 Å². The van der Waals surface area contributed by atoms with Crippen molar-refractivity contribution in [2.45, 2.75) is 0 Å². The first-order chi connectivity index (χ1) is 4.72. The van der Waals surface area contributed by atoms with Gasteiger partial charge in [0.05, 0.1) is 0 Å². The Morgan fingerprint density at radius 3 is 2.00 bits per heavy atom. The molecule has 0 atom stereocenters. The topological polar surface area (TPSA) is 103 Å². The highest BCUT2D eigenvalue weighted by Crippen LogP contribution is 2.00. The molecular formula is C4H8N6. The van der Waals surface area contributed by atoms with Crippen molar-refractivity contribution in [2.24, 2.45) is 0 Å². The summed E-state index contributed by atoms with van der Waals surface area (Å²) >= 11 is 0. The highest BCUT2D eigenvalue weighted by atomic mass is 15.2. The molecular weight excluding hydrogens is 132 g/mol. The summed E-state index contributed by atoms with van der Waals surface area (Å²) in [7, 11) is 1.67. The molecule has 54 valence electrons. The number of nitrogens with one attached hydrogen (secondary N) is 1. The average molecular weight is 140 g/mol. The molecule has 0 amide bonds. The summed E-state index contributed by atoms with van der Waals surface area (Å²) in [6.07, 6.45) is 0. The van der Waals surface area contributed by atoms with Crippen molar-refractivity contribution in [1.82, 2.24) is 15.0 Å². The predicted octanol–water partition coefficient (Wildman–Crippen LogP) is -0.922. The van der Waals surface area contributed by atoms with Crippen LogP contribution in [0, 0.1) is 0 Å². The van der Waals surface area contributed by atoms with Crippen LogP contribution in [0.15, 0.2) is 0 Å². The van der Waals surface area contributed by atoms with E-state index in [4.69, 9.17) is 11.5 Å². The van der Waals surface area contributed by atoms with Crippen LogP contribution >= 0.6 is 0 Å². The van der Waals surface area contributed by atoms with Crippen LogP contribution in [0.1, 0.15) is 0 Å². The van der Waals surface area contributed by atoms with Crippen molar-refractivity contribution < 1.29 is 0 Å². The van der Waals surface area contributed by atoms with Gasteiger partial charge in [0, 0.05) is 7.05 Å². The molecule has 1 aromatic heterocycles. The molecule has 6 nitrogen and oxygen atoms in total. The van der Waals surface area contributed by atoms with Crippen molar-refractivity contribution >= 4 is 17.8 Å². The van der Waals surface area contributed by atoms with Crippen molar-refractivity contribution in [3.63, 3.8) is 0 Å². The molecule has 6 heteroatoms. The van der Waals surface area contributed by atoms with Crippen LogP contribution < -0.4 is 16.8 Å². The third kappa shape index (κ3) is 1.22. The van der Waals surface area contributed by atoms with E-state index in [1.807, 2.05) is 0 Å². The van der Waals surface area contributed by atoms with E-state index in [0.29, 0.717) is 5.95 Å². The smallest absolute Gasteiger partial charge is 0.229 e. The fourth-order valence-electron chi connectivity index (χ4n) is 0.521. The van der Waals surface area contributed by atoms with Crippen molar-refractivity contribution in [3.8, 4) is 0 Å². The lowest BCUT2D eigenvalue weighted by atomic mass is 10.8. The normalized spacial score (nSPS) is 9.30. The van der Waals surface area contributed by atoms with Crippen LogP contribution in [0.3, 0.4) is 0 Å². The van der Waals surface area contributed by atoms with Crippen molar-refractivity contribution in [3.05, 3.63) is 0 Å². The summed E-state index contributed by atoms with van der Waals surface area (Å²) in [5, 5.41) is 2.69. The first-order valence-electron chi connectivity index (χ1n) is 2.67. The number of hydrogen-bond donors (Lipinski definition) is 3. The molecule has 1 heterocycles. The molecule has 0 aliphatic heterocycles. The molecule has 0 radical (unpaired) electrons. The monoisotopic (exact) mass is 140 g/mol. The minimum absolute atomic E-state index is 0.122. The third-order valence-electron chi connectivity index (χ3n) is 0.894. The highest BCUT2D eigenvalue weighted by molar-refractivity contribution is 5.36. The van der Waals surface area contributed by atoms with E-state index in [0.717, 1.165) is 0 Å². The van der Waals surface area contributed by atoms with Gasteiger partial charge in [-0.1, -0.05) is 0 Å². The van der Waals surface area contributed by atoms with Crippen LogP contribution in [0.2, 0.25) is 0 Å². The van der Waals surface area contributed by atoms with E-state index in [2.05, 4.69) is 20.3 Å².